The SMILES string of the molecule is Cc1onc(-c2ccc(F)cc2)c1C(=O)N(CCN)CCN. The van der Waals surface area contributed by atoms with Crippen molar-refractivity contribution in [2.45, 2.75) is 6.92 Å². The number of rotatable bonds is 6. The Bertz CT molecular complexity index is 633. The minimum Gasteiger partial charge on any atom is -0.360 e. The van der Waals surface area contributed by atoms with E-state index in [0.29, 0.717) is 48.8 Å². The molecule has 0 fully saturated rings. The fourth-order valence-electron chi connectivity index (χ4n) is 2.21. The molecule has 1 heterocycles. The molecule has 0 aliphatic carbocycles. The number of carbonyl (C=O) groups is 1. The Morgan fingerprint density at radius 1 is 1.23 bits per heavy atom. The molecule has 2 aromatic rings. The van der Waals surface area contributed by atoms with Gasteiger partial charge in [-0.2, -0.15) is 0 Å². The van der Waals surface area contributed by atoms with Crippen LogP contribution >= 0.6 is 0 Å². The monoisotopic (exact) mass is 306 g/mol. The lowest BCUT2D eigenvalue weighted by atomic mass is 10.0. The average Bonchev–Trinajstić information content (AvgIpc) is 2.89. The standard InChI is InChI=1S/C15H19FN4O2/c1-10-13(15(21)20(8-6-17)9-7-18)14(19-22-10)11-2-4-12(16)5-3-11/h2-5H,6-9,17-18H2,1H3. The Kier molecular flexibility index (Phi) is 5.24. The van der Waals surface area contributed by atoms with Gasteiger partial charge < -0.3 is 20.9 Å². The van der Waals surface area contributed by atoms with Crippen LogP contribution in [0.25, 0.3) is 11.3 Å². The van der Waals surface area contributed by atoms with Gasteiger partial charge in [0.2, 0.25) is 0 Å². The van der Waals surface area contributed by atoms with Gasteiger partial charge in [0.05, 0.1) is 0 Å². The third-order valence-electron chi connectivity index (χ3n) is 3.28. The van der Waals surface area contributed by atoms with Crippen LogP contribution in [-0.4, -0.2) is 42.1 Å². The van der Waals surface area contributed by atoms with Gasteiger partial charge in [0, 0.05) is 31.7 Å². The summed E-state index contributed by atoms with van der Waals surface area (Å²) in [6.07, 6.45) is 0. The number of carbonyl (C=O) groups excluding carboxylic acids is 1. The van der Waals surface area contributed by atoms with E-state index < -0.39 is 0 Å². The maximum Gasteiger partial charge on any atom is 0.259 e. The van der Waals surface area contributed by atoms with Gasteiger partial charge in [-0.15, -0.1) is 0 Å². The van der Waals surface area contributed by atoms with Crippen molar-refractivity contribution in [2.24, 2.45) is 11.5 Å². The third kappa shape index (κ3) is 3.32. The molecule has 1 amide bonds. The predicted octanol–water partition coefficient (Wildman–Crippen LogP) is 1.15. The number of aryl methyl sites for hydroxylation is 1. The Morgan fingerprint density at radius 3 is 2.36 bits per heavy atom. The highest BCUT2D eigenvalue weighted by molar-refractivity contribution is 6.00. The zero-order valence-electron chi connectivity index (χ0n) is 12.4. The van der Waals surface area contributed by atoms with Crippen molar-refractivity contribution in [2.75, 3.05) is 26.2 Å². The second-order valence-corrected chi connectivity index (χ2v) is 4.84. The predicted molar refractivity (Wildman–Crippen MR) is 80.6 cm³/mol. The van der Waals surface area contributed by atoms with Gasteiger partial charge in [-0.1, -0.05) is 5.16 Å². The summed E-state index contributed by atoms with van der Waals surface area (Å²) in [7, 11) is 0. The van der Waals surface area contributed by atoms with Gasteiger partial charge in [-0.05, 0) is 31.2 Å². The van der Waals surface area contributed by atoms with Crippen molar-refractivity contribution in [3.05, 3.63) is 41.4 Å². The van der Waals surface area contributed by atoms with Gasteiger partial charge in [-0.25, -0.2) is 4.39 Å². The van der Waals surface area contributed by atoms with Gasteiger partial charge in [0.1, 0.15) is 22.8 Å². The maximum atomic E-state index is 13.0. The second-order valence-electron chi connectivity index (χ2n) is 4.84. The summed E-state index contributed by atoms with van der Waals surface area (Å²) in [6.45, 7) is 3.12. The smallest absolute Gasteiger partial charge is 0.259 e. The molecule has 118 valence electrons. The molecule has 0 radical (unpaired) electrons. The van der Waals surface area contributed by atoms with E-state index in [-0.39, 0.29) is 11.7 Å². The summed E-state index contributed by atoms with van der Waals surface area (Å²) in [6, 6.07) is 5.73. The zero-order valence-corrected chi connectivity index (χ0v) is 12.4. The largest absolute Gasteiger partial charge is 0.360 e. The van der Waals surface area contributed by atoms with Crippen LogP contribution in [0.5, 0.6) is 0 Å². The highest BCUT2D eigenvalue weighted by atomic mass is 19.1. The average molecular weight is 306 g/mol. The van der Waals surface area contributed by atoms with Crippen LogP contribution in [0.3, 0.4) is 0 Å². The number of aromatic nitrogens is 1. The first-order valence-corrected chi connectivity index (χ1v) is 7.00. The van der Waals surface area contributed by atoms with E-state index in [9.17, 15) is 9.18 Å². The summed E-state index contributed by atoms with van der Waals surface area (Å²) in [5.74, 6) is -0.193. The number of nitrogens with two attached hydrogens (primary N) is 2. The molecule has 2 rings (SSSR count). The zero-order chi connectivity index (χ0) is 16.1. The fraction of sp³-hybridized carbons (Fsp3) is 0.333. The summed E-state index contributed by atoms with van der Waals surface area (Å²) < 4.78 is 18.2. The van der Waals surface area contributed by atoms with E-state index in [0.717, 1.165) is 0 Å². The van der Waals surface area contributed by atoms with Crippen molar-refractivity contribution < 1.29 is 13.7 Å². The molecule has 0 aliphatic heterocycles. The first-order chi connectivity index (χ1) is 10.6. The lowest BCUT2D eigenvalue weighted by molar-refractivity contribution is 0.0764. The Balaban J connectivity index is 2.40. The van der Waals surface area contributed by atoms with Crippen molar-refractivity contribution in [3.8, 4) is 11.3 Å². The highest BCUT2D eigenvalue weighted by Crippen LogP contribution is 2.26. The summed E-state index contributed by atoms with van der Waals surface area (Å²) in [4.78, 5) is 14.3. The number of hydrogen-bond acceptors (Lipinski definition) is 5. The van der Waals surface area contributed by atoms with Crippen LogP contribution in [-0.2, 0) is 0 Å². The Labute approximate surface area is 127 Å². The molecule has 0 atom stereocenters. The molecule has 0 unspecified atom stereocenters. The van der Waals surface area contributed by atoms with Crippen LogP contribution in [0.2, 0.25) is 0 Å². The first kappa shape index (κ1) is 16.1. The van der Waals surface area contributed by atoms with Crippen molar-refractivity contribution in [1.29, 1.82) is 0 Å². The molecule has 0 bridgehead atoms. The van der Waals surface area contributed by atoms with Crippen LogP contribution < -0.4 is 11.5 Å². The number of nitrogens with zero attached hydrogens (tertiary/aromatic N) is 2. The van der Waals surface area contributed by atoms with E-state index in [2.05, 4.69) is 5.16 Å². The lowest BCUT2D eigenvalue weighted by Crippen LogP contribution is -2.39. The van der Waals surface area contributed by atoms with Crippen LogP contribution in [0.1, 0.15) is 16.1 Å². The highest BCUT2D eigenvalue weighted by Gasteiger charge is 2.25. The van der Waals surface area contributed by atoms with Gasteiger partial charge in [0.25, 0.3) is 5.91 Å². The second kappa shape index (κ2) is 7.15. The number of benzene rings is 1. The molecular formula is C15H19FN4O2. The Hall–Kier alpha value is -2.25. The topological polar surface area (TPSA) is 98.4 Å². The first-order valence-electron chi connectivity index (χ1n) is 7.00. The molecule has 0 aliphatic rings. The Morgan fingerprint density at radius 2 is 1.82 bits per heavy atom. The van der Waals surface area contributed by atoms with E-state index in [1.165, 1.54) is 12.1 Å². The number of halogens is 1. The normalized spacial score (nSPS) is 10.7. The maximum absolute atomic E-state index is 13.0. The molecule has 0 spiro atoms. The third-order valence-corrected chi connectivity index (χ3v) is 3.28. The molecular weight excluding hydrogens is 287 g/mol. The minimum atomic E-state index is -0.357. The van der Waals surface area contributed by atoms with E-state index in [1.807, 2.05) is 0 Å². The van der Waals surface area contributed by atoms with E-state index >= 15 is 0 Å². The molecule has 7 heteroatoms. The van der Waals surface area contributed by atoms with Crippen molar-refractivity contribution >= 4 is 5.91 Å². The van der Waals surface area contributed by atoms with Crippen LogP contribution in [0.4, 0.5) is 4.39 Å². The van der Waals surface area contributed by atoms with Crippen molar-refractivity contribution in [1.82, 2.24) is 10.1 Å². The fourth-order valence-corrected chi connectivity index (χ4v) is 2.21. The van der Waals surface area contributed by atoms with Crippen LogP contribution in [0, 0.1) is 12.7 Å². The summed E-state index contributed by atoms with van der Waals surface area (Å²) in [5, 5.41) is 3.93. The van der Waals surface area contributed by atoms with E-state index in [4.69, 9.17) is 16.0 Å². The molecule has 6 nitrogen and oxygen atoms in total. The lowest BCUT2D eigenvalue weighted by Gasteiger charge is -2.21. The van der Waals surface area contributed by atoms with Gasteiger partial charge in [-0.3, -0.25) is 4.79 Å². The van der Waals surface area contributed by atoms with Gasteiger partial charge >= 0.3 is 0 Å². The summed E-state index contributed by atoms with van der Waals surface area (Å²) >= 11 is 0. The molecule has 0 saturated carbocycles. The van der Waals surface area contributed by atoms with Crippen LogP contribution in [0.15, 0.2) is 28.8 Å². The molecule has 22 heavy (non-hydrogen) atoms. The minimum absolute atomic E-state index is 0.242. The summed E-state index contributed by atoms with van der Waals surface area (Å²) in [5.41, 5.74) is 12.4. The van der Waals surface area contributed by atoms with Gasteiger partial charge in [0.15, 0.2) is 0 Å². The molecule has 4 N–H and O–H groups in total. The number of hydrogen-bond donors (Lipinski definition) is 2. The quantitative estimate of drug-likeness (QED) is 0.834. The number of amides is 1. The van der Waals surface area contributed by atoms with E-state index in [1.54, 1.807) is 24.0 Å². The molecule has 1 aromatic carbocycles. The molecule has 1 aromatic heterocycles. The van der Waals surface area contributed by atoms with Crippen molar-refractivity contribution in [3.63, 3.8) is 0 Å². The molecule has 0 saturated heterocycles.